The Kier molecular flexibility index (Phi) is 3.39. The van der Waals surface area contributed by atoms with Gasteiger partial charge in [0.05, 0.1) is 11.4 Å². The van der Waals surface area contributed by atoms with E-state index in [2.05, 4.69) is 10.4 Å². The van der Waals surface area contributed by atoms with Crippen molar-refractivity contribution in [2.45, 2.75) is 0 Å². The highest BCUT2D eigenvalue weighted by molar-refractivity contribution is 6.29. The summed E-state index contributed by atoms with van der Waals surface area (Å²) in [7, 11) is 0. The minimum atomic E-state index is -0.439. The summed E-state index contributed by atoms with van der Waals surface area (Å²) in [6.45, 7) is 0. The average molecular weight is 254 g/mol. The molecule has 1 amide bonds. The Morgan fingerprint density at radius 2 is 2.35 bits per heavy atom. The first-order chi connectivity index (χ1) is 8.20. The van der Waals surface area contributed by atoms with Crippen LogP contribution >= 0.6 is 11.6 Å². The van der Waals surface area contributed by atoms with E-state index in [1.807, 2.05) is 0 Å². The molecular formula is C11H9ClFN3O. The number of alkyl halides is 1. The van der Waals surface area contributed by atoms with Crippen molar-refractivity contribution < 1.29 is 9.18 Å². The first-order valence-electron chi connectivity index (χ1n) is 4.86. The van der Waals surface area contributed by atoms with E-state index in [-0.39, 0.29) is 5.88 Å². The number of anilines is 1. The van der Waals surface area contributed by atoms with Gasteiger partial charge < -0.3 is 5.32 Å². The Morgan fingerprint density at radius 1 is 1.53 bits per heavy atom. The molecule has 1 aromatic heterocycles. The lowest BCUT2D eigenvalue weighted by molar-refractivity contribution is -0.113. The molecular weight excluding hydrogens is 245 g/mol. The number of hydrogen-bond donors (Lipinski definition) is 1. The normalized spacial score (nSPS) is 10.2. The van der Waals surface area contributed by atoms with Crippen LogP contribution in [0.15, 0.2) is 36.7 Å². The third kappa shape index (κ3) is 2.62. The number of benzene rings is 1. The molecule has 4 nitrogen and oxygen atoms in total. The molecule has 0 atom stereocenters. The molecule has 2 rings (SSSR count). The number of hydrogen-bond acceptors (Lipinski definition) is 2. The molecule has 6 heteroatoms. The average Bonchev–Trinajstić information content (AvgIpc) is 2.82. The van der Waals surface area contributed by atoms with E-state index in [0.717, 1.165) is 0 Å². The van der Waals surface area contributed by atoms with Crippen LogP contribution in [0.4, 0.5) is 10.1 Å². The van der Waals surface area contributed by atoms with E-state index in [1.165, 1.54) is 22.9 Å². The molecule has 0 spiro atoms. The third-order valence-electron chi connectivity index (χ3n) is 2.11. The van der Waals surface area contributed by atoms with Crippen LogP contribution < -0.4 is 5.32 Å². The molecule has 17 heavy (non-hydrogen) atoms. The Balaban J connectivity index is 2.41. The van der Waals surface area contributed by atoms with Crippen molar-refractivity contribution in [1.82, 2.24) is 9.78 Å². The standard InChI is InChI=1S/C11H9ClFN3O/c12-7-11(17)15-9-6-8(13)2-3-10(9)16-5-1-4-14-16/h1-6H,7H2,(H,15,17). The first-order valence-corrected chi connectivity index (χ1v) is 5.39. The molecule has 2 aromatic rings. The number of carbonyl (C=O) groups excluding carboxylic acids is 1. The fourth-order valence-electron chi connectivity index (χ4n) is 1.40. The molecule has 0 aliphatic rings. The van der Waals surface area contributed by atoms with E-state index < -0.39 is 11.7 Å². The van der Waals surface area contributed by atoms with E-state index in [1.54, 1.807) is 18.5 Å². The molecule has 0 saturated carbocycles. The van der Waals surface area contributed by atoms with E-state index in [9.17, 15) is 9.18 Å². The van der Waals surface area contributed by atoms with Gasteiger partial charge in [0.25, 0.3) is 0 Å². The van der Waals surface area contributed by atoms with Crippen LogP contribution in [0.2, 0.25) is 0 Å². The minimum absolute atomic E-state index is 0.185. The van der Waals surface area contributed by atoms with Gasteiger partial charge in [0.2, 0.25) is 5.91 Å². The van der Waals surface area contributed by atoms with Crippen LogP contribution in [-0.2, 0) is 4.79 Å². The van der Waals surface area contributed by atoms with Crippen LogP contribution in [0.25, 0.3) is 5.69 Å². The van der Waals surface area contributed by atoms with Crippen LogP contribution in [0.1, 0.15) is 0 Å². The van der Waals surface area contributed by atoms with Crippen molar-refractivity contribution >= 4 is 23.2 Å². The summed E-state index contributed by atoms with van der Waals surface area (Å²) in [6.07, 6.45) is 3.29. The van der Waals surface area contributed by atoms with Crippen molar-refractivity contribution in [2.75, 3.05) is 11.2 Å². The predicted octanol–water partition coefficient (Wildman–Crippen LogP) is 2.19. The van der Waals surface area contributed by atoms with Crippen LogP contribution in [0, 0.1) is 5.82 Å². The van der Waals surface area contributed by atoms with Gasteiger partial charge in [-0.2, -0.15) is 5.10 Å². The summed E-state index contributed by atoms with van der Waals surface area (Å²) >= 11 is 5.39. The molecule has 0 aliphatic heterocycles. The van der Waals surface area contributed by atoms with Gasteiger partial charge in [-0.25, -0.2) is 9.07 Å². The fraction of sp³-hybridized carbons (Fsp3) is 0.0909. The second-order valence-electron chi connectivity index (χ2n) is 3.29. The minimum Gasteiger partial charge on any atom is -0.323 e. The van der Waals surface area contributed by atoms with Crippen molar-refractivity contribution in [1.29, 1.82) is 0 Å². The quantitative estimate of drug-likeness (QED) is 0.853. The highest BCUT2D eigenvalue weighted by Gasteiger charge is 2.09. The van der Waals surface area contributed by atoms with Crippen molar-refractivity contribution in [2.24, 2.45) is 0 Å². The lowest BCUT2D eigenvalue weighted by atomic mass is 10.2. The van der Waals surface area contributed by atoms with Crippen LogP contribution in [0.3, 0.4) is 0 Å². The lowest BCUT2D eigenvalue weighted by Gasteiger charge is -2.10. The van der Waals surface area contributed by atoms with E-state index >= 15 is 0 Å². The number of carbonyl (C=O) groups is 1. The highest BCUT2D eigenvalue weighted by Crippen LogP contribution is 2.20. The molecule has 0 bridgehead atoms. The number of nitrogens with zero attached hydrogens (tertiary/aromatic N) is 2. The van der Waals surface area contributed by atoms with Gasteiger partial charge in [0, 0.05) is 12.4 Å². The third-order valence-corrected chi connectivity index (χ3v) is 2.35. The van der Waals surface area contributed by atoms with Gasteiger partial charge in [0.1, 0.15) is 11.7 Å². The van der Waals surface area contributed by atoms with Gasteiger partial charge in [-0.1, -0.05) is 0 Å². The lowest BCUT2D eigenvalue weighted by Crippen LogP contribution is -2.15. The Bertz CT molecular complexity index is 528. The number of nitrogens with one attached hydrogen (secondary N) is 1. The first kappa shape index (κ1) is 11.6. The zero-order chi connectivity index (χ0) is 12.3. The van der Waals surface area contributed by atoms with E-state index in [4.69, 9.17) is 11.6 Å². The Morgan fingerprint density at radius 3 is 3.00 bits per heavy atom. The maximum absolute atomic E-state index is 13.1. The topological polar surface area (TPSA) is 46.9 Å². The Labute approximate surface area is 102 Å². The number of aromatic nitrogens is 2. The molecule has 0 saturated heterocycles. The molecule has 0 unspecified atom stereocenters. The molecule has 1 N–H and O–H groups in total. The van der Waals surface area contributed by atoms with Crippen LogP contribution in [-0.4, -0.2) is 21.6 Å². The van der Waals surface area contributed by atoms with E-state index in [0.29, 0.717) is 11.4 Å². The maximum atomic E-state index is 13.1. The van der Waals surface area contributed by atoms with Gasteiger partial charge in [0.15, 0.2) is 0 Å². The van der Waals surface area contributed by atoms with Gasteiger partial charge in [-0.3, -0.25) is 4.79 Å². The molecule has 1 aromatic carbocycles. The number of rotatable bonds is 3. The monoisotopic (exact) mass is 253 g/mol. The largest absolute Gasteiger partial charge is 0.323 e. The SMILES string of the molecule is O=C(CCl)Nc1cc(F)ccc1-n1cccn1. The van der Waals surface area contributed by atoms with Crippen molar-refractivity contribution in [3.05, 3.63) is 42.5 Å². The van der Waals surface area contributed by atoms with Gasteiger partial charge in [-0.05, 0) is 24.3 Å². The molecule has 0 radical (unpaired) electrons. The smallest absolute Gasteiger partial charge is 0.239 e. The summed E-state index contributed by atoms with van der Waals surface area (Å²) in [6, 6.07) is 5.79. The van der Waals surface area contributed by atoms with Gasteiger partial charge in [-0.15, -0.1) is 11.6 Å². The number of amides is 1. The maximum Gasteiger partial charge on any atom is 0.239 e. The van der Waals surface area contributed by atoms with Crippen molar-refractivity contribution in [3.63, 3.8) is 0 Å². The summed E-state index contributed by atoms with van der Waals surface area (Å²) in [4.78, 5) is 11.2. The summed E-state index contributed by atoms with van der Waals surface area (Å²) in [5, 5.41) is 6.54. The second kappa shape index (κ2) is 4.97. The zero-order valence-corrected chi connectivity index (χ0v) is 9.49. The van der Waals surface area contributed by atoms with Crippen molar-refractivity contribution in [3.8, 4) is 5.69 Å². The fourth-order valence-corrected chi connectivity index (χ4v) is 1.47. The second-order valence-corrected chi connectivity index (χ2v) is 3.56. The molecule has 0 aliphatic carbocycles. The molecule has 0 fully saturated rings. The summed E-state index contributed by atoms with van der Waals surface area (Å²) < 4.78 is 14.7. The molecule has 1 heterocycles. The molecule has 88 valence electrons. The van der Waals surface area contributed by atoms with Gasteiger partial charge >= 0.3 is 0 Å². The zero-order valence-electron chi connectivity index (χ0n) is 8.73. The summed E-state index contributed by atoms with van der Waals surface area (Å²) in [5.41, 5.74) is 0.911. The predicted molar refractivity (Wildman–Crippen MR) is 62.9 cm³/mol. The van der Waals surface area contributed by atoms with Crippen LogP contribution in [0.5, 0.6) is 0 Å². The highest BCUT2D eigenvalue weighted by atomic mass is 35.5. The number of halogens is 2. The summed E-state index contributed by atoms with van der Waals surface area (Å²) in [5.74, 6) is -1.02. The Hall–Kier alpha value is -1.88.